The summed E-state index contributed by atoms with van der Waals surface area (Å²) in [6, 6.07) is 8.01. The Balaban J connectivity index is 2.48. The van der Waals surface area contributed by atoms with Gasteiger partial charge in [0, 0.05) is 13.0 Å². The number of fused-ring (bicyclic) bond motifs is 1. The first-order valence-electron chi connectivity index (χ1n) is 5.72. The molecule has 1 aromatic heterocycles. The molecule has 0 saturated heterocycles. The highest BCUT2D eigenvalue weighted by molar-refractivity contribution is 5.82. The molecule has 0 unspecified atom stereocenters. The molecule has 3 heteroatoms. The molecule has 0 atom stereocenters. The van der Waals surface area contributed by atoms with Gasteiger partial charge in [-0.15, -0.1) is 0 Å². The molecule has 84 valence electrons. The number of hydrogen-bond donors (Lipinski definition) is 0. The van der Waals surface area contributed by atoms with Crippen molar-refractivity contribution in [3.05, 3.63) is 30.1 Å². The molecule has 0 bridgehead atoms. The number of aromatic nitrogens is 2. The van der Waals surface area contributed by atoms with Crippen LogP contribution in [0.3, 0.4) is 0 Å². The zero-order valence-corrected chi connectivity index (χ0v) is 9.73. The van der Waals surface area contributed by atoms with E-state index in [-0.39, 0.29) is 5.78 Å². The van der Waals surface area contributed by atoms with E-state index >= 15 is 0 Å². The predicted molar refractivity (Wildman–Crippen MR) is 64.4 cm³/mol. The lowest BCUT2D eigenvalue weighted by Gasteiger charge is -2.04. The molecule has 0 aliphatic heterocycles. The third-order valence-corrected chi connectivity index (χ3v) is 2.80. The molecule has 0 amide bonds. The number of rotatable bonds is 4. The molecule has 3 nitrogen and oxygen atoms in total. The van der Waals surface area contributed by atoms with Crippen molar-refractivity contribution in [2.75, 3.05) is 0 Å². The van der Waals surface area contributed by atoms with Crippen LogP contribution in [0.5, 0.6) is 0 Å². The highest BCUT2D eigenvalue weighted by Crippen LogP contribution is 2.16. The zero-order valence-electron chi connectivity index (χ0n) is 9.73. The average Bonchev–Trinajstić information content (AvgIpc) is 2.65. The molecule has 0 saturated carbocycles. The van der Waals surface area contributed by atoms with Gasteiger partial charge in [0.25, 0.3) is 0 Å². The van der Waals surface area contributed by atoms with Crippen LogP contribution in [0.15, 0.2) is 24.3 Å². The van der Waals surface area contributed by atoms with E-state index in [4.69, 9.17) is 0 Å². The first-order chi connectivity index (χ1) is 7.76. The van der Waals surface area contributed by atoms with Gasteiger partial charge in [0.05, 0.1) is 17.5 Å². The van der Waals surface area contributed by atoms with Gasteiger partial charge in [-0.05, 0) is 19.1 Å². The minimum atomic E-state index is 0.241. The van der Waals surface area contributed by atoms with Crippen molar-refractivity contribution < 1.29 is 4.79 Å². The minimum absolute atomic E-state index is 0.241. The average molecular weight is 216 g/mol. The molecule has 2 aromatic rings. The van der Waals surface area contributed by atoms with E-state index in [0.717, 1.165) is 23.4 Å². The largest absolute Gasteiger partial charge is 0.328 e. The monoisotopic (exact) mass is 216 g/mol. The zero-order chi connectivity index (χ0) is 11.5. The maximum Gasteiger partial charge on any atom is 0.140 e. The fourth-order valence-electron chi connectivity index (χ4n) is 1.91. The molecular formula is C13H16N2O. The van der Waals surface area contributed by atoms with Crippen LogP contribution in [0.1, 0.15) is 26.1 Å². The molecular weight excluding hydrogens is 200 g/mol. The van der Waals surface area contributed by atoms with E-state index in [1.54, 1.807) is 0 Å². The van der Waals surface area contributed by atoms with E-state index in [1.807, 2.05) is 31.2 Å². The van der Waals surface area contributed by atoms with Crippen LogP contribution in [0.4, 0.5) is 0 Å². The van der Waals surface area contributed by atoms with Gasteiger partial charge in [0.1, 0.15) is 11.6 Å². The van der Waals surface area contributed by atoms with E-state index in [2.05, 4.69) is 16.5 Å². The molecule has 0 spiro atoms. The van der Waals surface area contributed by atoms with Crippen LogP contribution >= 0.6 is 0 Å². The van der Waals surface area contributed by atoms with Crippen molar-refractivity contribution >= 4 is 16.8 Å². The lowest BCUT2D eigenvalue weighted by atomic mass is 10.2. The van der Waals surface area contributed by atoms with Gasteiger partial charge in [-0.25, -0.2) is 4.98 Å². The standard InChI is InChI=1S/C13H16N2O/c1-3-10(16)9-13-14-11-7-5-6-8-12(11)15(13)4-2/h5-8H,3-4,9H2,1-2H3. The fraction of sp³-hybridized carbons (Fsp3) is 0.385. The Morgan fingerprint density at radius 3 is 2.75 bits per heavy atom. The Morgan fingerprint density at radius 1 is 1.31 bits per heavy atom. The Labute approximate surface area is 95.1 Å². The Hall–Kier alpha value is -1.64. The second-order valence-electron chi connectivity index (χ2n) is 3.83. The number of hydrogen-bond acceptors (Lipinski definition) is 2. The second-order valence-corrected chi connectivity index (χ2v) is 3.83. The van der Waals surface area contributed by atoms with Crippen LogP contribution in [0, 0.1) is 0 Å². The van der Waals surface area contributed by atoms with Crippen LogP contribution in [0.25, 0.3) is 11.0 Å². The van der Waals surface area contributed by atoms with Gasteiger partial charge >= 0.3 is 0 Å². The Bertz CT molecular complexity index is 514. The van der Waals surface area contributed by atoms with Gasteiger partial charge in [0.2, 0.25) is 0 Å². The maximum atomic E-state index is 11.5. The Kier molecular flexibility index (Phi) is 3.04. The predicted octanol–water partition coefficient (Wildman–Crippen LogP) is 2.58. The number of benzene rings is 1. The quantitative estimate of drug-likeness (QED) is 0.787. The van der Waals surface area contributed by atoms with E-state index < -0.39 is 0 Å². The number of nitrogens with zero attached hydrogens (tertiary/aromatic N) is 2. The van der Waals surface area contributed by atoms with Crippen molar-refractivity contribution in [2.45, 2.75) is 33.2 Å². The summed E-state index contributed by atoms with van der Waals surface area (Å²) in [5.74, 6) is 1.13. The number of carbonyl (C=O) groups is 1. The maximum absolute atomic E-state index is 11.5. The number of para-hydroxylation sites is 2. The van der Waals surface area contributed by atoms with Crippen LogP contribution in [-0.4, -0.2) is 15.3 Å². The molecule has 1 heterocycles. The fourth-order valence-corrected chi connectivity index (χ4v) is 1.91. The normalized spacial score (nSPS) is 10.9. The van der Waals surface area contributed by atoms with Crippen molar-refractivity contribution in [3.8, 4) is 0 Å². The summed E-state index contributed by atoms with van der Waals surface area (Å²) < 4.78 is 2.11. The first-order valence-corrected chi connectivity index (χ1v) is 5.72. The van der Waals surface area contributed by atoms with E-state index in [9.17, 15) is 4.79 Å². The van der Waals surface area contributed by atoms with Gasteiger partial charge in [-0.2, -0.15) is 0 Å². The van der Waals surface area contributed by atoms with E-state index in [0.29, 0.717) is 12.8 Å². The molecule has 16 heavy (non-hydrogen) atoms. The first kappa shape index (κ1) is 10.9. The third kappa shape index (κ3) is 1.85. The third-order valence-electron chi connectivity index (χ3n) is 2.80. The topological polar surface area (TPSA) is 34.9 Å². The summed E-state index contributed by atoms with van der Waals surface area (Å²) >= 11 is 0. The summed E-state index contributed by atoms with van der Waals surface area (Å²) in [5, 5.41) is 0. The molecule has 2 rings (SSSR count). The van der Waals surface area contributed by atoms with Crippen LogP contribution < -0.4 is 0 Å². The van der Waals surface area contributed by atoms with Crippen molar-refractivity contribution in [1.29, 1.82) is 0 Å². The SMILES string of the molecule is CCC(=O)Cc1nc2ccccc2n1CC. The summed E-state index contributed by atoms with van der Waals surface area (Å²) in [6.07, 6.45) is 1.02. The number of carbonyl (C=O) groups excluding carboxylic acids is 1. The Morgan fingerprint density at radius 2 is 2.06 bits per heavy atom. The van der Waals surface area contributed by atoms with Crippen LogP contribution in [0.2, 0.25) is 0 Å². The summed E-state index contributed by atoms with van der Waals surface area (Å²) in [4.78, 5) is 16.0. The molecule has 1 aromatic carbocycles. The van der Waals surface area contributed by atoms with Gasteiger partial charge in [0.15, 0.2) is 0 Å². The van der Waals surface area contributed by atoms with Crippen molar-refractivity contribution in [1.82, 2.24) is 9.55 Å². The molecule has 0 radical (unpaired) electrons. The minimum Gasteiger partial charge on any atom is -0.328 e. The van der Waals surface area contributed by atoms with Crippen molar-refractivity contribution in [2.24, 2.45) is 0 Å². The molecule has 0 aliphatic rings. The lowest BCUT2D eigenvalue weighted by molar-refractivity contribution is -0.118. The number of ketones is 1. The highest BCUT2D eigenvalue weighted by Gasteiger charge is 2.11. The van der Waals surface area contributed by atoms with Crippen molar-refractivity contribution in [3.63, 3.8) is 0 Å². The summed E-state index contributed by atoms with van der Waals surface area (Å²) in [5.41, 5.74) is 2.09. The second kappa shape index (κ2) is 4.47. The molecule has 0 N–H and O–H groups in total. The van der Waals surface area contributed by atoms with Crippen LogP contribution in [-0.2, 0) is 17.8 Å². The molecule has 0 fully saturated rings. The van der Waals surface area contributed by atoms with E-state index in [1.165, 1.54) is 0 Å². The summed E-state index contributed by atoms with van der Waals surface area (Å²) in [7, 11) is 0. The highest BCUT2D eigenvalue weighted by atomic mass is 16.1. The van der Waals surface area contributed by atoms with Gasteiger partial charge < -0.3 is 4.57 Å². The smallest absolute Gasteiger partial charge is 0.140 e. The number of aryl methyl sites for hydroxylation is 1. The summed E-state index contributed by atoms with van der Waals surface area (Å²) in [6.45, 7) is 4.82. The number of Topliss-reactive ketones (excluding diaryl/α,β-unsaturated/α-hetero) is 1. The number of imidazole rings is 1. The van der Waals surface area contributed by atoms with Gasteiger partial charge in [-0.1, -0.05) is 19.1 Å². The van der Waals surface area contributed by atoms with Gasteiger partial charge in [-0.3, -0.25) is 4.79 Å². The molecule has 0 aliphatic carbocycles. The lowest BCUT2D eigenvalue weighted by Crippen LogP contribution is -2.08.